The topological polar surface area (TPSA) is 106 Å². The van der Waals surface area contributed by atoms with E-state index in [0.29, 0.717) is 22.5 Å². The molecule has 0 unspecified atom stereocenters. The normalized spacial score (nSPS) is 14.6. The second-order valence-electron chi connectivity index (χ2n) is 11.3. The number of nitrogens with zero attached hydrogens (tertiary/aromatic N) is 3. The lowest BCUT2D eigenvalue weighted by Gasteiger charge is -2.43. The molecule has 218 valence electrons. The average molecular weight is 579 g/mol. The number of carbonyl (C=O) groups is 2. The van der Waals surface area contributed by atoms with Crippen LogP contribution in [0, 0.1) is 0 Å². The number of carbonyl (C=O) groups excluding carboxylic acids is 1. The van der Waals surface area contributed by atoms with E-state index < -0.39 is 34.9 Å². The predicted octanol–water partition coefficient (Wildman–Crippen LogP) is 7.22. The number of alkyl halides is 3. The second kappa shape index (κ2) is 10.6. The third kappa shape index (κ3) is 6.14. The Hall–Kier alpha value is -4.67. The van der Waals surface area contributed by atoms with Gasteiger partial charge in [-0.15, -0.1) is 5.10 Å². The Morgan fingerprint density at radius 3 is 2.12 bits per heavy atom. The first kappa shape index (κ1) is 28.8. The van der Waals surface area contributed by atoms with Crippen molar-refractivity contribution in [2.24, 2.45) is 0 Å². The largest absolute Gasteiger partial charge is 0.478 e. The Morgan fingerprint density at radius 1 is 0.929 bits per heavy atom. The molecule has 1 amide bonds. The number of aromatic nitrogens is 3. The van der Waals surface area contributed by atoms with Gasteiger partial charge < -0.3 is 15.2 Å². The van der Waals surface area contributed by atoms with Crippen molar-refractivity contribution in [3.63, 3.8) is 0 Å². The van der Waals surface area contributed by atoms with Gasteiger partial charge in [0.2, 0.25) is 0 Å². The first-order chi connectivity index (χ1) is 19.7. The molecule has 1 aliphatic rings. The molecule has 1 aromatic heterocycles. The van der Waals surface area contributed by atoms with E-state index in [1.807, 2.05) is 45.0 Å². The van der Waals surface area contributed by atoms with Gasteiger partial charge in [-0.25, -0.2) is 14.3 Å². The zero-order chi connectivity index (χ0) is 30.3. The molecule has 1 aliphatic carbocycles. The molecule has 1 saturated carbocycles. The third-order valence-corrected chi connectivity index (χ3v) is 7.15. The molecule has 5 rings (SSSR count). The number of hydrogen-bond donors (Lipinski definition) is 2. The van der Waals surface area contributed by atoms with E-state index in [2.05, 4.69) is 15.6 Å². The van der Waals surface area contributed by atoms with Gasteiger partial charge >= 0.3 is 18.2 Å². The van der Waals surface area contributed by atoms with Crippen LogP contribution in [0.5, 0.6) is 0 Å². The summed E-state index contributed by atoms with van der Waals surface area (Å²) < 4.78 is 45.6. The van der Waals surface area contributed by atoms with Crippen molar-refractivity contribution < 1.29 is 32.6 Å². The number of ether oxygens (including phenoxy) is 1. The summed E-state index contributed by atoms with van der Waals surface area (Å²) in [5.41, 5.74) is 1.59. The van der Waals surface area contributed by atoms with Gasteiger partial charge in [-0.3, -0.25) is 0 Å². The Labute approximate surface area is 240 Å². The van der Waals surface area contributed by atoms with Crippen molar-refractivity contribution in [3.05, 3.63) is 89.6 Å². The summed E-state index contributed by atoms with van der Waals surface area (Å²) in [5.74, 6) is -1.13. The van der Waals surface area contributed by atoms with E-state index in [1.54, 1.807) is 12.1 Å². The van der Waals surface area contributed by atoms with Crippen molar-refractivity contribution in [1.29, 1.82) is 0 Å². The molecule has 0 saturated heterocycles. The van der Waals surface area contributed by atoms with Crippen LogP contribution < -0.4 is 5.32 Å². The summed E-state index contributed by atoms with van der Waals surface area (Å²) in [6.07, 6.45) is -0.883. The van der Waals surface area contributed by atoms with Gasteiger partial charge in [-0.1, -0.05) is 41.6 Å². The number of benzene rings is 3. The van der Waals surface area contributed by atoms with Gasteiger partial charge in [0.05, 0.1) is 28.6 Å². The van der Waals surface area contributed by atoms with Crippen LogP contribution in [-0.4, -0.2) is 37.8 Å². The number of nitrogens with one attached hydrogen (secondary N) is 1. The van der Waals surface area contributed by atoms with Gasteiger partial charge in [-0.2, -0.15) is 13.2 Å². The molecule has 0 atom stereocenters. The fourth-order valence-corrected chi connectivity index (χ4v) is 4.88. The Bertz CT molecular complexity index is 1620. The maximum Gasteiger partial charge on any atom is 0.416 e. The lowest BCUT2D eigenvalue weighted by atomic mass is 9.71. The zero-order valence-electron chi connectivity index (χ0n) is 23.2. The molecule has 0 bridgehead atoms. The molecule has 8 nitrogen and oxygen atoms in total. The summed E-state index contributed by atoms with van der Waals surface area (Å²) in [7, 11) is 0. The quantitative estimate of drug-likeness (QED) is 0.250. The number of carboxylic acids is 1. The van der Waals surface area contributed by atoms with Gasteiger partial charge in [0.25, 0.3) is 0 Å². The van der Waals surface area contributed by atoms with Crippen LogP contribution >= 0.6 is 0 Å². The number of carboxylic acid groups (broad SMARTS) is 1. The summed E-state index contributed by atoms with van der Waals surface area (Å²) in [5, 5.41) is 21.0. The van der Waals surface area contributed by atoms with Crippen LogP contribution in [0.15, 0.2) is 72.9 Å². The van der Waals surface area contributed by atoms with E-state index >= 15 is 0 Å². The lowest BCUT2D eigenvalue weighted by Crippen LogP contribution is -2.52. The molecule has 42 heavy (non-hydrogen) atoms. The van der Waals surface area contributed by atoms with Crippen LogP contribution in [0.2, 0.25) is 0 Å². The maximum atomic E-state index is 12.9. The molecule has 0 radical (unpaired) electrons. The highest BCUT2D eigenvalue weighted by Crippen LogP contribution is 2.42. The monoisotopic (exact) mass is 578 g/mol. The minimum atomic E-state index is -4.45. The van der Waals surface area contributed by atoms with Gasteiger partial charge in [0.1, 0.15) is 11.3 Å². The van der Waals surface area contributed by atoms with Crippen molar-refractivity contribution >= 4 is 12.1 Å². The highest BCUT2D eigenvalue weighted by atomic mass is 19.4. The van der Waals surface area contributed by atoms with Crippen LogP contribution in [0.25, 0.3) is 28.1 Å². The lowest BCUT2D eigenvalue weighted by molar-refractivity contribution is -0.137. The van der Waals surface area contributed by atoms with Crippen LogP contribution in [0.3, 0.4) is 0 Å². The fourth-order valence-electron chi connectivity index (χ4n) is 4.88. The van der Waals surface area contributed by atoms with Crippen LogP contribution in [0.4, 0.5) is 18.0 Å². The standard InChI is InChI=1S/C31H29F3N4O4/c1-29(2,3)42-28(41)35-30(13-4-14-30)23-9-5-19(6-10-23)21-15-22(27(39)40)17-25(16-21)38-18-26(36-37-38)20-7-11-24(12-8-20)31(32,33)34/h5-12,15-18H,4,13-14H2,1-3H3,(H,35,41)(H,39,40). The predicted molar refractivity (Wildman–Crippen MR) is 149 cm³/mol. The molecular formula is C31H29F3N4O4. The molecular weight excluding hydrogens is 549 g/mol. The van der Waals surface area contributed by atoms with E-state index in [-0.39, 0.29) is 5.56 Å². The molecule has 0 aliphatic heterocycles. The number of alkyl carbamates (subject to hydrolysis) is 1. The maximum absolute atomic E-state index is 12.9. The van der Waals surface area contributed by atoms with Crippen molar-refractivity contribution in [2.45, 2.75) is 57.3 Å². The van der Waals surface area contributed by atoms with Gasteiger partial charge in [0.15, 0.2) is 0 Å². The zero-order valence-corrected chi connectivity index (χ0v) is 23.2. The Balaban J connectivity index is 1.42. The van der Waals surface area contributed by atoms with E-state index in [0.717, 1.165) is 42.5 Å². The Morgan fingerprint density at radius 2 is 1.57 bits per heavy atom. The van der Waals surface area contributed by atoms with Crippen molar-refractivity contribution in [3.8, 4) is 28.1 Å². The smallest absolute Gasteiger partial charge is 0.416 e. The number of aromatic carboxylic acids is 1. The first-order valence-electron chi connectivity index (χ1n) is 13.3. The number of halogens is 3. The second-order valence-corrected chi connectivity index (χ2v) is 11.3. The highest BCUT2D eigenvalue weighted by Gasteiger charge is 2.41. The summed E-state index contributed by atoms with van der Waals surface area (Å²) in [6, 6.07) is 16.9. The highest BCUT2D eigenvalue weighted by molar-refractivity contribution is 5.90. The first-order valence-corrected chi connectivity index (χ1v) is 13.3. The molecule has 0 spiro atoms. The molecule has 2 N–H and O–H groups in total. The van der Waals surface area contributed by atoms with E-state index in [9.17, 15) is 27.9 Å². The van der Waals surface area contributed by atoms with Gasteiger partial charge in [-0.05, 0) is 87.1 Å². The van der Waals surface area contributed by atoms with Gasteiger partial charge in [0, 0.05) is 5.56 Å². The fraction of sp³-hybridized carbons (Fsp3) is 0.290. The van der Waals surface area contributed by atoms with E-state index in [4.69, 9.17) is 4.74 Å². The van der Waals surface area contributed by atoms with E-state index in [1.165, 1.54) is 29.1 Å². The third-order valence-electron chi connectivity index (χ3n) is 7.15. The number of hydrogen-bond acceptors (Lipinski definition) is 5. The minimum Gasteiger partial charge on any atom is -0.478 e. The molecule has 1 fully saturated rings. The van der Waals surface area contributed by atoms with Crippen molar-refractivity contribution in [1.82, 2.24) is 20.3 Å². The average Bonchev–Trinajstić information content (AvgIpc) is 3.40. The summed E-state index contributed by atoms with van der Waals surface area (Å²) in [4.78, 5) is 24.5. The van der Waals surface area contributed by atoms with Crippen LogP contribution in [0.1, 0.15) is 61.5 Å². The minimum absolute atomic E-state index is 0.0280. The summed E-state index contributed by atoms with van der Waals surface area (Å²) in [6.45, 7) is 5.43. The van der Waals surface area contributed by atoms with Crippen LogP contribution in [-0.2, 0) is 16.5 Å². The SMILES string of the molecule is CC(C)(C)OC(=O)NC1(c2ccc(-c3cc(C(=O)O)cc(-n4cc(-c5ccc(C(F)(F)F)cc5)nn4)c3)cc2)CCC1. The Kier molecular flexibility index (Phi) is 7.30. The summed E-state index contributed by atoms with van der Waals surface area (Å²) >= 11 is 0. The molecule has 4 aromatic rings. The molecule has 1 heterocycles. The molecule has 11 heteroatoms. The molecule has 3 aromatic carbocycles. The van der Waals surface area contributed by atoms with Crippen molar-refractivity contribution in [2.75, 3.05) is 0 Å². The number of amides is 1. The number of rotatable bonds is 6.